The average Bonchev–Trinajstić information content (AvgIpc) is 3.20. The van der Waals surface area contributed by atoms with E-state index >= 15 is 0 Å². The van der Waals surface area contributed by atoms with Crippen LogP contribution in [0.25, 0.3) is 32.7 Å². The van der Waals surface area contributed by atoms with Crippen LogP contribution in [0.1, 0.15) is 47.0 Å². The molecular weight excluding hydrogens is 396 g/mol. The second-order valence-electron chi connectivity index (χ2n) is 7.62. The fraction of sp³-hybridized carbons (Fsp3) is 0.0400. The molecule has 0 fully saturated rings. The molecule has 6 heteroatoms. The zero-order chi connectivity index (χ0) is 21.4. The number of esters is 4. The average molecular weight is 408 g/mol. The number of hydrogen-bond acceptors (Lipinski definition) is 6. The fourth-order valence-electron chi connectivity index (χ4n) is 4.48. The Labute approximate surface area is 175 Å². The predicted molar refractivity (Wildman–Crippen MR) is 111 cm³/mol. The van der Waals surface area contributed by atoms with Crippen LogP contribution in [0.4, 0.5) is 0 Å². The standard InChI is InChI=1S/C25H12O6/c1-11-6-7-14(16-10-18-17(9-15(11)16)22(26)30-23(18)27)20-13-5-3-2-4-12(13)8-19-21(20)25(29)31-24(19)28/h2-10H,1H3. The molecule has 148 valence electrons. The van der Waals surface area contributed by atoms with Crippen LogP contribution in [-0.4, -0.2) is 23.9 Å². The van der Waals surface area contributed by atoms with Crippen molar-refractivity contribution in [1.82, 2.24) is 0 Å². The van der Waals surface area contributed by atoms with E-state index in [2.05, 4.69) is 0 Å². The minimum Gasteiger partial charge on any atom is -0.386 e. The van der Waals surface area contributed by atoms with Gasteiger partial charge in [0.25, 0.3) is 0 Å². The number of rotatable bonds is 1. The maximum absolute atomic E-state index is 12.6. The SMILES string of the molecule is Cc1ccc(-c2c3c(cc4ccccc24)C(=O)OC3=O)c2cc3c(cc12)C(=O)OC3=O. The van der Waals surface area contributed by atoms with Crippen LogP contribution >= 0.6 is 0 Å². The Balaban J connectivity index is 1.80. The third-order valence-corrected chi connectivity index (χ3v) is 5.93. The van der Waals surface area contributed by atoms with Crippen molar-refractivity contribution in [3.63, 3.8) is 0 Å². The second kappa shape index (κ2) is 5.86. The number of fused-ring (bicyclic) bond motifs is 4. The lowest BCUT2D eigenvalue weighted by Gasteiger charge is -2.15. The summed E-state index contributed by atoms with van der Waals surface area (Å²) in [5.41, 5.74) is 2.93. The van der Waals surface area contributed by atoms with E-state index in [0.29, 0.717) is 16.5 Å². The van der Waals surface area contributed by atoms with Crippen molar-refractivity contribution in [3.8, 4) is 11.1 Å². The van der Waals surface area contributed by atoms with Crippen LogP contribution in [0.3, 0.4) is 0 Å². The molecule has 0 radical (unpaired) electrons. The van der Waals surface area contributed by atoms with Crippen LogP contribution in [-0.2, 0) is 9.47 Å². The molecule has 0 amide bonds. The van der Waals surface area contributed by atoms with Crippen molar-refractivity contribution < 1.29 is 28.7 Å². The predicted octanol–water partition coefficient (Wildman–Crippen LogP) is 4.59. The molecular formula is C25H12O6. The van der Waals surface area contributed by atoms with Crippen LogP contribution in [0.2, 0.25) is 0 Å². The molecule has 4 aromatic rings. The van der Waals surface area contributed by atoms with Gasteiger partial charge in [-0.15, -0.1) is 0 Å². The molecule has 0 bridgehead atoms. The van der Waals surface area contributed by atoms with Gasteiger partial charge < -0.3 is 9.47 Å². The lowest BCUT2D eigenvalue weighted by Crippen LogP contribution is -2.00. The zero-order valence-corrected chi connectivity index (χ0v) is 16.1. The first kappa shape index (κ1) is 17.5. The molecule has 0 atom stereocenters. The monoisotopic (exact) mass is 408 g/mol. The van der Waals surface area contributed by atoms with Gasteiger partial charge in [0.15, 0.2) is 0 Å². The molecule has 0 saturated carbocycles. The van der Waals surface area contributed by atoms with Gasteiger partial charge in [0.2, 0.25) is 0 Å². The van der Waals surface area contributed by atoms with Gasteiger partial charge in [-0.2, -0.15) is 0 Å². The first-order valence-corrected chi connectivity index (χ1v) is 9.60. The zero-order valence-electron chi connectivity index (χ0n) is 16.1. The summed E-state index contributed by atoms with van der Waals surface area (Å²) >= 11 is 0. The fourth-order valence-corrected chi connectivity index (χ4v) is 4.48. The largest absolute Gasteiger partial charge is 0.386 e. The summed E-state index contributed by atoms with van der Waals surface area (Å²) in [4.78, 5) is 49.2. The van der Waals surface area contributed by atoms with Gasteiger partial charge in [0.05, 0.1) is 22.3 Å². The minimum absolute atomic E-state index is 0.180. The number of carbonyl (C=O) groups is 4. The van der Waals surface area contributed by atoms with Crippen molar-refractivity contribution in [2.24, 2.45) is 0 Å². The topological polar surface area (TPSA) is 86.7 Å². The van der Waals surface area contributed by atoms with E-state index in [0.717, 1.165) is 21.7 Å². The number of hydrogen-bond donors (Lipinski definition) is 0. The number of carbonyl (C=O) groups excluding carboxylic acids is 4. The molecule has 6 rings (SSSR count). The normalized spacial score (nSPS) is 14.7. The summed E-state index contributed by atoms with van der Waals surface area (Å²) < 4.78 is 9.68. The molecule has 31 heavy (non-hydrogen) atoms. The van der Waals surface area contributed by atoms with Crippen LogP contribution < -0.4 is 0 Å². The Morgan fingerprint density at radius 2 is 1.19 bits per heavy atom. The quantitative estimate of drug-likeness (QED) is 0.338. The molecule has 0 aromatic heterocycles. The maximum Gasteiger partial charge on any atom is 0.347 e. The maximum atomic E-state index is 12.6. The van der Waals surface area contributed by atoms with E-state index in [1.165, 1.54) is 0 Å². The molecule has 0 aliphatic carbocycles. The second-order valence-corrected chi connectivity index (χ2v) is 7.62. The molecule has 0 saturated heterocycles. The van der Waals surface area contributed by atoms with Crippen LogP contribution in [0.15, 0.2) is 54.6 Å². The van der Waals surface area contributed by atoms with E-state index < -0.39 is 23.9 Å². The molecule has 0 N–H and O–H groups in total. The summed E-state index contributed by atoms with van der Waals surface area (Å²) in [6, 6.07) is 16.1. The van der Waals surface area contributed by atoms with Gasteiger partial charge in [-0.05, 0) is 57.8 Å². The molecule has 2 aliphatic rings. The molecule has 2 aliphatic heterocycles. The molecule has 6 nitrogen and oxygen atoms in total. The summed E-state index contributed by atoms with van der Waals surface area (Å²) in [6.45, 7) is 1.89. The van der Waals surface area contributed by atoms with Crippen molar-refractivity contribution in [1.29, 1.82) is 0 Å². The Bertz CT molecular complexity index is 1560. The van der Waals surface area contributed by atoms with Gasteiger partial charge in [-0.25, -0.2) is 19.2 Å². The van der Waals surface area contributed by atoms with Crippen molar-refractivity contribution in [3.05, 3.63) is 82.4 Å². The van der Waals surface area contributed by atoms with Crippen molar-refractivity contribution in [2.45, 2.75) is 6.92 Å². The summed E-state index contributed by atoms with van der Waals surface area (Å²) in [5.74, 6) is -2.76. The number of cyclic esters (lactones) is 4. The highest BCUT2D eigenvalue weighted by Crippen LogP contribution is 2.42. The first-order valence-electron chi connectivity index (χ1n) is 9.60. The Kier molecular flexibility index (Phi) is 3.31. The smallest absolute Gasteiger partial charge is 0.347 e. The van der Waals surface area contributed by atoms with Crippen molar-refractivity contribution in [2.75, 3.05) is 0 Å². The molecule has 0 spiro atoms. The number of benzene rings is 4. The minimum atomic E-state index is -0.703. The highest BCUT2D eigenvalue weighted by molar-refractivity contribution is 6.25. The van der Waals surface area contributed by atoms with Gasteiger partial charge in [-0.3, -0.25) is 0 Å². The Morgan fingerprint density at radius 1 is 0.548 bits per heavy atom. The van der Waals surface area contributed by atoms with E-state index in [1.54, 1.807) is 18.2 Å². The van der Waals surface area contributed by atoms with Gasteiger partial charge in [0.1, 0.15) is 0 Å². The van der Waals surface area contributed by atoms with E-state index in [-0.39, 0.29) is 22.3 Å². The van der Waals surface area contributed by atoms with E-state index in [4.69, 9.17) is 9.47 Å². The van der Waals surface area contributed by atoms with Crippen LogP contribution in [0.5, 0.6) is 0 Å². The lowest BCUT2D eigenvalue weighted by molar-refractivity contribution is 0.0426. The number of aryl methyl sites for hydroxylation is 1. The van der Waals surface area contributed by atoms with Crippen molar-refractivity contribution >= 4 is 45.4 Å². The third kappa shape index (κ3) is 2.27. The molecule has 0 unspecified atom stereocenters. The Hall–Kier alpha value is -4.32. The summed E-state index contributed by atoms with van der Waals surface area (Å²) in [5, 5.41) is 2.99. The van der Waals surface area contributed by atoms with Gasteiger partial charge in [-0.1, -0.05) is 36.4 Å². The molecule has 2 heterocycles. The highest BCUT2D eigenvalue weighted by atomic mass is 16.6. The van der Waals surface area contributed by atoms with Crippen LogP contribution in [0, 0.1) is 6.92 Å². The summed E-state index contributed by atoms with van der Waals surface area (Å²) in [7, 11) is 0. The van der Waals surface area contributed by atoms with E-state index in [1.807, 2.05) is 43.3 Å². The van der Waals surface area contributed by atoms with Gasteiger partial charge >= 0.3 is 23.9 Å². The lowest BCUT2D eigenvalue weighted by atomic mass is 9.86. The third-order valence-electron chi connectivity index (χ3n) is 5.93. The highest BCUT2D eigenvalue weighted by Gasteiger charge is 2.35. The van der Waals surface area contributed by atoms with E-state index in [9.17, 15) is 19.2 Å². The molecule has 4 aromatic carbocycles. The first-order chi connectivity index (χ1) is 14.9. The van der Waals surface area contributed by atoms with Gasteiger partial charge in [0, 0.05) is 5.56 Å². The number of ether oxygens (including phenoxy) is 2. The Morgan fingerprint density at radius 3 is 1.97 bits per heavy atom. The summed E-state index contributed by atoms with van der Waals surface area (Å²) in [6.07, 6.45) is 0.